The summed E-state index contributed by atoms with van der Waals surface area (Å²) in [6.07, 6.45) is 0.560. The standard InChI is InChI=1S/C5H5N3O8/c1-2-4(9)16-3-5(6(10)11,7(12)13)8(14)15/h2H,1,3H2. The zero-order valence-electron chi connectivity index (χ0n) is 7.60. The SMILES string of the molecule is C=CC(=O)OCC([N+](=O)[O-])([N+](=O)[O-])[N+](=O)[O-]. The molecular formula is C5H5N3O8. The molecule has 0 spiro atoms. The molecule has 0 radical (unpaired) electrons. The van der Waals surface area contributed by atoms with E-state index in [1.54, 1.807) is 0 Å². The first-order valence-corrected chi connectivity index (χ1v) is 3.51. The molecule has 0 amide bonds. The highest BCUT2D eigenvalue weighted by Gasteiger charge is 2.71. The van der Waals surface area contributed by atoms with Crippen LogP contribution in [0, 0.1) is 30.3 Å². The van der Waals surface area contributed by atoms with Crippen molar-refractivity contribution in [3.63, 3.8) is 0 Å². The van der Waals surface area contributed by atoms with Gasteiger partial charge in [0.1, 0.15) is 0 Å². The van der Waals surface area contributed by atoms with Crippen molar-refractivity contribution in [2.45, 2.75) is 5.79 Å². The number of nitrogens with zero attached hydrogens (tertiary/aromatic N) is 3. The highest BCUT2D eigenvalue weighted by atomic mass is 16.7. The average Bonchev–Trinajstić information content (AvgIpc) is 2.16. The average molecular weight is 235 g/mol. The number of carbonyl (C=O) groups excluding carboxylic acids is 1. The summed E-state index contributed by atoms with van der Waals surface area (Å²) in [5, 5.41) is 30.9. The van der Waals surface area contributed by atoms with Crippen molar-refractivity contribution in [1.29, 1.82) is 0 Å². The third-order valence-electron chi connectivity index (χ3n) is 1.45. The first-order valence-electron chi connectivity index (χ1n) is 3.51. The Morgan fingerprint density at radius 1 is 1.19 bits per heavy atom. The third-order valence-corrected chi connectivity index (χ3v) is 1.45. The molecule has 0 unspecified atom stereocenters. The molecule has 0 saturated heterocycles. The lowest BCUT2D eigenvalue weighted by molar-refractivity contribution is -0.970. The Balaban J connectivity index is 5.14. The van der Waals surface area contributed by atoms with Crippen LogP contribution >= 0.6 is 0 Å². The molecule has 0 aliphatic rings. The second kappa shape index (κ2) is 4.77. The number of esters is 1. The molecule has 0 aromatic rings. The van der Waals surface area contributed by atoms with Crippen LogP contribution in [0.3, 0.4) is 0 Å². The maximum atomic E-state index is 10.5. The van der Waals surface area contributed by atoms with E-state index in [1.807, 2.05) is 0 Å². The minimum Gasteiger partial charge on any atom is -0.438 e. The third kappa shape index (κ3) is 2.26. The van der Waals surface area contributed by atoms with Gasteiger partial charge in [0.05, 0.1) is 0 Å². The van der Waals surface area contributed by atoms with Gasteiger partial charge in [0.2, 0.25) is 0 Å². The van der Waals surface area contributed by atoms with Gasteiger partial charge >= 0.3 is 18.4 Å². The zero-order valence-corrected chi connectivity index (χ0v) is 7.60. The van der Waals surface area contributed by atoms with Crippen LogP contribution in [0.2, 0.25) is 0 Å². The molecule has 0 bridgehead atoms. The molecule has 0 N–H and O–H groups in total. The number of carbonyl (C=O) groups is 1. The molecule has 0 heterocycles. The molecule has 0 atom stereocenters. The maximum Gasteiger partial charge on any atom is 0.734 e. The Labute approximate surface area is 86.7 Å². The Morgan fingerprint density at radius 3 is 1.81 bits per heavy atom. The van der Waals surface area contributed by atoms with Crippen LogP contribution in [0.15, 0.2) is 12.7 Å². The van der Waals surface area contributed by atoms with Crippen LogP contribution in [-0.4, -0.2) is 33.1 Å². The van der Waals surface area contributed by atoms with Crippen molar-refractivity contribution in [2.24, 2.45) is 0 Å². The number of hydrogen-bond acceptors (Lipinski definition) is 8. The van der Waals surface area contributed by atoms with E-state index in [9.17, 15) is 35.1 Å². The first kappa shape index (κ1) is 13.4. The topological polar surface area (TPSA) is 156 Å². The van der Waals surface area contributed by atoms with Crippen LogP contribution in [0.4, 0.5) is 0 Å². The van der Waals surface area contributed by atoms with E-state index in [-0.39, 0.29) is 0 Å². The molecule has 16 heavy (non-hydrogen) atoms. The van der Waals surface area contributed by atoms with E-state index in [2.05, 4.69) is 11.3 Å². The van der Waals surface area contributed by atoms with Crippen LogP contribution in [0.25, 0.3) is 0 Å². The number of hydrogen-bond donors (Lipinski definition) is 0. The van der Waals surface area contributed by atoms with Gasteiger partial charge in [-0.15, -0.1) is 0 Å². The number of rotatable bonds is 6. The Kier molecular flexibility index (Phi) is 4.00. The fraction of sp³-hybridized carbons (Fsp3) is 0.400. The van der Waals surface area contributed by atoms with E-state index in [0.29, 0.717) is 6.08 Å². The molecule has 11 nitrogen and oxygen atoms in total. The van der Waals surface area contributed by atoms with Gasteiger partial charge in [-0.05, 0) is 0 Å². The second-order valence-electron chi connectivity index (χ2n) is 2.36. The molecule has 0 fully saturated rings. The summed E-state index contributed by atoms with van der Waals surface area (Å²) in [6, 6.07) is 0. The monoisotopic (exact) mass is 235 g/mol. The van der Waals surface area contributed by atoms with Crippen LogP contribution in [-0.2, 0) is 9.53 Å². The van der Waals surface area contributed by atoms with E-state index < -0.39 is 33.1 Å². The highest BCUT2D eigenvalue weighted by Crippen LogP contribution is 2.12. The predicted molar refractivity (Wildman–Crippen MR) is 44.9 cm³/mol. The molecule has 0 aliphatic carbocycles. The fourth-order valence-electron chi connectivity index (χ4n) is 0.585. The van der Waals surface area contributed by atoms with Crippen LogP contribution in [0.5, 0.6) is 0 Å². The van der Waals surface area contributed by atoms with Crippen molar-refractivity contribution >= 4 is 5.97 Å². The Hall–Kier alpha value is -2.59. The minimum absolute atomic E-state index is 0.560. The lowest BCUT2D eigenvalue weighted by atomic mass is 10.4. The Bertz CT molecular complexity index is 327. The number of nitro groups is 3. The van der Waals surface area contributed by atoms with Gasteiger partial charge in [-0.25, -0.2) is 4.79 Å². The summed E-state index contributed by atoms with van der Waals surface area (Å²) >= 11 is 0. The van der Waals surface area contributed by atoms with Gasteiger partial charge in [0.15, 0.2) is 14.8 Å². The molecule has 11 heteroatoms. The van der Waals surface area contributed by atoms with Gasteiger partial charge in [-0.1, -0.05) is 6.58 Å². The zero-order chi connectivity index (χ0) is 12.9. The van der Waals surface area contributed by atoms with Gasteiger partial charge < -0.3 is 4.74 Å². The van der Waals surface area contributed by atoms with Crippen molar-refractivity contribution < 1.29 is 24.3 Å². The van der Waals surface area contributed by atoms with Gasteiger partial charge in [0.25, 0.3) is 0 Å². The second-order valence-corrected chi connectivity index (χ2v) is 2.36. The molecule has 0 rings (SSSR count). The van der Waals surface area contributed by atoms with Crippen molar-refractivity contribution in [1.82, 2.24) is 0 Å². The molecule has 0 aliphatic heterocycles. The molecule has 0 aromatic heterocycles. The molecule has 0 aromatic carbocycles. The highest BCUT2D eigenvalue weighted by molar-refractivity contribution is 5.81. The first-order chi connectivity index (χ1) is 7.28. The van der Waals surface area contributed by atoms with Crippen molar-refractivity contribution in [3.8, 4) is 0 Å². The largest absolute Gasteiger partial charge is 0.734 e. The van der Waals surface area contributed by atoms with Gasteiger partial charge in [-0.2, -0.15) is 0 Å². The normalized spacial score (nSPS) is 10.2. The van der Waals surface area contributed by atoms with Gasteiger partial charge in [0, 0.05) is 6.08 Å². The quantitative estimate of drug-likeness (QED) is 0.190. The van der Waals surface area contributed by atoms with Gasteiger partial charge in [-0.3, -0.25) is 30.3 Å². The summed E-state index contributed by atoms with van der Waals surface area (Å²) in [5.74, 6) is -5.03. The summed E-state index contributed by atoms with van der Waals surface area (Å²) < 4.78 is 3.96. The lowest BCUT2D eigenvalue weighted by Crippen LogP contribution is -2.57. The number of ether oxygens (including phenoxy) is 1. The van der Waals surface area contributed by atoms with E-state index >= 15 is 0 Å². The van der Waals surface area contributed by atoms with Crippen molar-refractivity contribution in [3.05, 3.63) is 43.0 Å². The Morgan fingerprint density at radius 2 is 1.56 bits per heavy atom. The van der Waals surface area contributed by atoms with Crippen LogP contribution in [0.1, 0.15) is 0 Å². The summed E-state index contributed by atoms with van der Waals surface area (Å²) in [4.78, 5) is 36.2. The lowest BCUT2D eigenvalue weighted by Gasteiger charge is -2.08. The van der Waals surface area contributed by atoms with Crippen molar-refractivity contribution in [2.75, 3.05) is 6.61 Å². The maximum absolute atomic E-state index is 10.5. The summed E-state index contributed by atoms with van der Waals surface area (Å²) in [6.45, 7) is 1.29. The van der Waals surface area contributed by atoms with E-state index in [0.717, 1.165) is 0 Å². The molecule has 88 valence electrons. The fourth-order valence-corrected chi connectivity index (χ4v) is 0.585. The van der Waals surface area contributed by atoms with E-state index in [1.165, 1.54) is 0 Å². The predicted octanol–water partition coefficient (Wildman–Crippen LogP) is -0.800. The smallest absolute Gasteiger partial charge is 0.438 e. The van der Waals surface area contributed by atoms with E-state index in [4.69, 9.17) is 0 Å². The summed E-state index contributed by atoms with van der Waals surface area (Å²) in [5.41, 5.74) is 0. The minimum atomic E-state index is -3.79. The molecular weight excluding hydrogens is 230 g/mol. The van der Waals surface area contributed by atoms with Crippen LogP contribution < -0.4 is 0 Å². The summed E-state index contributed by atoms with van der Waals surface area (Å²) in [7, 11) is 0. The molecule has 0 saturated carbocycles.